The second-order valence-electron chi connectivity index (χ2n) is 4.12. The Bertz CT molecular complexity index is 317. The van der Waals surface area contributed by atoms with Crippen LogP contribution in [0, 0.1) is 0 Å². The van der Waals surface area contributed by atoms with E-state index in [2.05, 4.69) is 19.2 Å². The number of nitrogens with one attached hydrogen (secondary N) is 1. The van der Waals surface area contributed by atoms with Crippen LogP contribution in [0.15, 0.2) is 18.2 Å². The maximum atomic E-state index is 5.41. The predicted molar refractivity (Wildman–Crippen MR) is 71.1 cm³/mol. The number of ether oxygens (including phenoxy) is 2. The molecule has 0 spiro atoms. The first-order chi connectivity index (χ1) is 8.24. The fraction of sp³-hybridized carbons (Fsp3) is 0.571. The van der Waals surface area contributed by atoms with Crippen LogP contribution in [0.3, 0.4) is 0 Å². The zero-order chi connectivity index (χ0) is 12.7. The molecule has 96 valence electrons. The van der Waals surface area contributed by atoms with Crippen LogP contribution in [0.1, 0.15) is 31.7 Å². The second kappa shape index (κ2) is 7.17. The highest BCUT2D eigenvalue weighted by molar-refractivity contribution is 5.46. The SMILES string of the molecule is CCNCCC(C)c1c(OC)cccc1OC. The third-order valence-corrected chi connectivity index (χ3v) is 2.96. The summed E-state index contributed by atoms with van der Waals surface area (Å²) in [7, 11) is 3.41. The first kappa shape index (κ1) is 13.8. The Hall–Kier alpha value is -1.22. The van der Waals surface area contributed by atoms with Crippen molar-refractivity contribution in [3.05, 3.63) is 23.8 Å². The van der Waals surface area contributed by atoms with E-state index < -0.39 is 0 Å². The summed E-state index contributed by atoms with van der Waals surface area (Å²) in [5.41, 5.74) is 1.16. The van der Waals surface area contributed by atoms with Crippen LogP contribution in [0.25, 0.3) is 0 Å². The Balaban J connectivity index is 2.85. The van der Waals surface area contributed by atoms with Gasteiger partial charge in [-0.05, 0) is 37.6 Å². The average molecular weight is 237 g/mol. The second-order valence-corrected chi connectivity index (χ2v) is 4.12. The number of hydrogen-bond donors (Lipinski definition) is 1. The van der Waals surface area contributed by atoms with Crippen molar-refractivity contribution in [1.82, 2.24) is 5.32 Å². The van der Waals surface area contributed by atoms with Crippen molar-refractivity contribution >= 4 is 0 Å². The summed E-state index contributed by atoms with van der Waals surface area (Å²) in [5, 5.41) is 3.34. The Kier molecular flexibility index (Phi) is 5.84. The molecule has 1 rings (SSSR count). The summed E-state index contributed by atoms with van der Waals surface area (Å²) in [6, 6.07) is 5.93. The van der Waals surface area contributed by atoms with Gasteiger partial charge in [-0.3, -0.25) is 0 Å². The van der Waals surface area contributed by atoms with Crippen LogP contribution in [0.4, 0.5) is 0 Å². The van der Waals surface area contributed by atoms with E-state index in [1.807, 2.05) is 18.2 Å². The van der Waals surface area contributed by atoms with E-state index in [-0.39, 0.29) is 0 Å². The predicted octanol–water partition coefficient (Wildman–Crippen LogP) is 2.81. The van der Waals surface area contributed by atoms with Gasteiger partial charge >= 0.3 is 0 Å². The van der Waals surface area contributed by atoms with Gasteiger partial charge in [0.1, 0.15) is 11.5 Å². The lowest BCUT2D eigenvalue weighted by Crippen LogP contribution is -2.16. The molecule has 0 saturated carbocycles. The van der Waals surface area contributed by atoms with Crippen molar-refractivity contribution in [2.24, 2.45) is 0 Å². The van der Waals surface area contributed by atoms with Crippen LogP contribution < -0.4 is 14.8 Å². The lowest BCUT2D eigenvalue weighted by atomic mass is 9.95. The highest BCUT2D eigenvalue weighted by atomic mass is 16.5. The third kappa shape index (κ3) is 3.63. The van der Waals surface area contributed by atoms with Crippen molar-refractivity contribution in [2.75, 3.05) is 27.3 Å². The minimum Gasteiger partial charge on any atom is -0.496 e. The molecule has 0 radical (unpaired) electrons. The van der Waals surface area contributed by atoms with E-state index in [4.69, 9.17) is 9.47 Å². The lowest BCUT2D eigenvalue weighted by Gasteiger charge is -2.18. The fourth-order valence-corrected chi connectivity index (χ4v) is 2.01. The number of benzene rings is 1. The normalized spacial score (nSPS) is 12.2. The Morgan fingerprint density at radius 3 is 2.24 bits per heavy atom. The molecule has 3 nitrogen and oxygen atoms in total. The van der Waals surface area contributed by atoms with Crippen LogP contribution in [-0.2, 0) is 0 Å². The maximum Gasteiger partial charge on any atom is 0.126 e. The molecule has 17 heavy (non-hydrogen) atoms. The molecule has 0 aliphatic rings. The fourth-order valence-electron chi connectivity index (χ4n) is 2.01. The molecule has 0 aromatic heterocycles. The lowest BCUT2D eigenvalue weighted by molar-refractivity contribution is 0.378. The van der Waals surface area contributed by atoms with Crippen LogP contribution in [0.2, 0.25) is 0 Å². The summed E-state index contributed by atoms with van der Waals surface area (Å²) in [5.74, 6) is 2.24. The molecule has 0 aliphatic heterocycles. The largest absolute Gasteiger partial charge is 0.496 e. The number of hydrogen-bond acceptors (Lipinski definition) is 3. The summed E-state index contributed by atoms with van der Waals surface area (Å²) >= 11 is 0. The van der Waals surface area contributed by atoms with Gasteiger partial charge in [-0.1, -0.05) is 19.9 Å². The summed E-state index contributed by atoms with van der Waals surface area (Å²) in [6.07, 6.45) is 1.07. The molecule has 1 aromatic rings. The highest BCUT2D eigenvalue weighted by Crippen LogP contribution is 2.36. The van der Waals surface area contributed by atoms with E-state index in [0.717, 1.165) is 36.6 Å². The molecule has 0 bridgehead atoms. The van der Waals surface area contributed by atoms with Gasteiger partial charge in [0.15, 0.2) is 0 Å². The smallest absolute Gasteiger partial charge is 0.126 e. The van der Waals surface area contributed by atoms with Gasteiger partial charge in [-0.2, -0.15) is 0 Å². The summed E-state index contributed by atoms with van der Waals surface area (Å²) < 4.78 is 10.8. The van der Waals surface area contributed by atoms with Gasteiger partial charge in [0.2, 0.25) is 0 Å². The molecule has 0 saturated heterocycles. The molecule has 0 amide bonds. The topological polar surface area (TPSA) is 30.5 Å². The van der Waals surface area contributed by atoms with E-state index in [1.54, 1.807) is 14.2 Å². The van der Waals surface area contributed by atoms with Gasteiger partial charge in [0, 0.05) is 5.56 Å². The Morgan fingerprint density at radius 2 is 1.76 bits per heavy atom. The minimum absolute atomic E-state index is 0.417. The third-order valence-electron chi connectivity index (χ3n) is 2.96. The van der Waals surface area contributed by atoms with Crippen LogP contribution >= 0.6 is 0 Å². The molecular formula is C14H23NO2. The zero-order valence-corrected chi connectivity index (χ0v) is 11.2. The molecule has 0 heterocycles. The van der Waals surface area contributed by atoms with E-state index in [9.17, 15) is 0 Å². The van der Waals surface area contributed by atoms with E-state index >= 15 is 0 Å². The van der Waals surface area contributed by atoms with Gasteiger partial charge in [0.25, 0.3) is 0 Å². The minimum atomic E-state index is 0.417. The molecule has 1 unspecified atom stereocenters. The van der Waals surface area contributed by atoms with Crippen molar-refractivity contribution in [2.45, 2.75) is 26.2 Å². The van der Waals surface area contributed by atoms with Gasteiger partial charge in [0.05, 0.1) is 14.2 Å². The van der Waals surface area contributed by atoms with Crippen LogP contribution in [0.5, 0.6) is 11.5 Å². The van der Waals surface area contributed by atoms with Gasteiger partial charge in [-0.15, -0.1) is 0 Å². The molecule has 3 heteroatoms. The summed E-state index contributed by atoms with van der Waals surface area (Å²) in [6.45, 7) is 6.35. The van der Waals surface area contributed by atoms with E-state index in [0.29, 0.717) is 5.92 Å². The number of methoxy groups -OCH3 is 2. The molecule has 1 N–H and O–H groups in total. The standard InChI is InChI=1S/C14H23NO2/c1-5-15-10-9-11(2)14-12(16-3)7-6-8-13(14)17-4/h6-8,11,15H,5,9-10H2,1-4H3. The first-order valence-electron chi connectivity index (χ1n) is 6.16. The van der Waals surface area contributed by atoms with E-state index in [1.165, 1.54) is 0 Å². The quantitative estimate of drug-likeness (QED) is 0.740. The molecule has 1 atom stereocenters. The summed E-state index contributed by atoms with van der Waals surface area (Å²) in [4.78, 5) is 0. The maximum absolute atomic E-state index is 5.41. The van der Waals surface area contributed by atoms with Gasteiger partial charge < -0.3 is 14.8 Å². The monoisotopic (exact) mass is 237 g/mol. The zero-order valence-electron chi connectivity index (χ0n) is 11.2. The Morgan fingerprint density at radius 1 is 1.18 bits per heavy atom. The first-order valence-corrected chi connectivity index (χ1v) is 6.16. The molecule has 0 fully saturated rings. The van der Waals surface area contributed by atoms with Gasteiger partial charge in [-0.25, -0.2) is 0 Å². The average Bonchev–Trinajstić information content (AvgIpc) is 2.37. The highest BCUT2D eigenvalue weighted by Gasteiger charge is 2.16. The molecule has 1 aromatic carbocycles. The molecular weight excluding hydrogens is 214 g/mol. The van der Waals surface area contributed by atoms with Crippen molar-refractivity contribution in [3.8, 4) is 11.5 Å². The van der Waals surface area contributed by atoms with Crippen molar-refractivity contribution in [3.63, 3.8) is 0 Å². The number of rotatable bonds is 7. The van der Waals surface area contributed by atoms with Crippen molar-refractivity contribution in [1.29, 1.82) is 0 Å². The van der Waals surface area contributed by atoms with Crippen molar-refractivity contribution < 1.29 is 9.47 Å². The Labute approximate surface area is 104 Å². The van der Waals surface area contributed by atoms with Crippen LogP contribution in [-0.4, -0.2) is 27.3 Å². The molecule has 0 aliphatic carbocycles.